The van der Waals surface area contributed by atoms with Crippen LogP contribution in [0.5, 0.6) is 5.75 Å². The summed E-state index contributed by atoms with van der Waals surface area (Å²) in [6, 6.07) is 31.5. The molecule has 2 heterocycles. The van der Waals surface area contributed by atoms with Crippen molar-refractivity contribution in [1.29, 1.82) is 0 Å². The number of thiazole rings is 1. The highest BCUT2D eigenvalue weighted by Gasteiger charge is 2.34. The number of hydrogen-bond donors (Lipinski definition) is 0. The summed E-state index contributed by atoms with van der Waals surface area (Å²) >= 11 is 8.67. The topological polar surface area (TPSA) is 69.9 Å². The predicted molar refractivity (Wildman–Crippen MR) is 194 cm³/mol. The Morgan fingerprint density at radius 3 is 2.28 bits per heavy atom. The Bertz CT molecular complexity index is 2400. The van der Waals surface area contributed by atoms with Gasteiger partial charge in [0.2, 0.25) is 0 Å². The Labute approximate surface area is 291 Å². The highest BCUT2D eigenvalue weighted by Crippen LogP contribution is 2.37. The third-order valence-corrected chi connectivity index (χ3v) is 10.4. The highest BCUT2D eigenvalue weighted by atomic mass is 79.9. The average molecular weight is 769 g/mol. The van der Waals surface area contributed by atoms with Crippen LogP contribution < -0.4 is 19.6 Å². The SMILES string of the molecule is CCOC(=O)C1=C(C)N=c2s/c(=C/c3cc(Br)c(OCc4cccc5ccccc45)c(Br)c3)c(=O)n2[C@@H]1c1cccc2ccccc12. The zero-order chi connectivity index (χ0) is 32.7. The minimum atomic E-state index is -0.693. The fourth-order valence-corrected chi connectivity index (χ4v) is 8.59. The lowest BCUT2D eigenvalue weighted by Gasteiger charge is -2.25. The minimum absolute atomic E-state index is 0.216. The van der Waals surface area contributed by atoms with Gasteiger partial charge in [-0.05, 0) is 102 Å². The van der Waals surface area contributed by atoms with Gasteiger partial charge in [0.1, 0.15) is 12.4 Å². The van der Waals surface area contributed by atoms with Crippen LogP contribution in [-0.4, -0.2) is 17.1 Å². The highest BCUT2D eigenvalue weighted by molar-refractivity contribution is 9.11. The zero-order valence-electron chi connectivity index (χ0n) is 25.5. The molecule has 0 unspecified atom stereocenters. The van der Waals surface area contributed by atoms with Crippen molar-refractivity contribution in [2.75, 3.05) is 6.61 Å². The normalized spacial score (nSPS) is 14.7. The van der Waals surface area contributed by atoms with Gasteiger partial charge in [0, 0.05) is 0 Å². The van der Waals surface area contributed by atoms with Gasteiger partial charge in [-0.25, -0.2) is 9.79 Å². The molecule has 0 aliphatic carbocycles. The Hall–Kier alpha value is -4.31. The molecule has 0 N–H and O–H groups in total. The van der Waals surface area contributed by atoms with Gasteiger partial charge in [-0.1, -0.05) is 96.3 Å². The molecule has 0 fully saturated rings. The number of hydrogen-bond acceptors (Lipinski definition) is 6. The van der Waals surface area contributed by atoms with Crippen LogP contribution in [0, 0.1) is 0 Å². The van der Waals surface area contributed by atoms with Crippen LogP contribution >= 0.6 is 43.2 Å². The Morgan fingerprint density at radius 1 is 0.915 bits per heavy atom. The molecule has 1 atom stereocenters. The summed E-state index contributed by atoms with van der Waals surface area (Å²) in [5.41, 5.74) is 3.39. The third-order valence-electron chi connectivity index (χ3n) is 8.21. The molecule has 6 nitrogen and oxygen atoms in total. The average Bonchev–Trinajstić information content (AvgIpc) is 3.37. The van der Waals surface area contributed by atoms with Crippen molar-refractivity contribution in [3.05, 3.63) is 154 Å². The molecule has 0 bridgehead atoms. The van der Waals surface area contributed by atoms with Crippen LogP contribution in [0.1, 0.15) is 36.6 Å². The number of esters is 1. The maximum atomic E-state index is 14.2. The Balaban J connectivity index is 1.29. The molecule has 5 aromatic carbocycles. The largest absolute Gasteiger partial charge is 0.487 e. The molecule has 0 spiro atoms. The first-order valence-electron chi connectivity index (χ1n) is 15.1. The van der Waals surface area contributed by atoms with Crippen LogP contribution in [0.2, 0.25) is 0 Å². The van der Waals surface area contributed by atoms with Crippen LogP contribution in [-0.2, 0) is 16.1 Å². The number of fused-ring (bicyclic) bond motifs is 3. The molecule has 234 valence electrons. The van der Waals surface area contributed by atoms with Gasteiger partial charge in [0.05, 0.1) is 37.4 Å². The van der Waals surface area contributed by atoms with E-state index in [-0.39, 0.29) is 12.2 Å². The second-order valence-corrected chi connectivity index (χ2v) is 13.8. The molecule has 0 saturated carbocycles. The van der Waals surface area contributed by atoms with Crippen LogP contribution in [0.3, 0.4) is 0 Å². The van der Waals surface area contributed by atoms with Crippen molar-refractivity contribution in [3.8, 4) is 5.75 Å². The molecule has 6 aromatic rings. The van der Waals surface area contributed by atoms with E-state index < -0.39 is 12.0 Å². The summed E-state index contributed by atoms with van der Waals surface area (Å²) in [7, 11) is 0. The zero-order valence-corrected chi connectivity index (χ0v) is 29.5. The first-order valence-corrected chi connectivity index (χ1v) is 17.5. The van der Waals surface area contributed by atoms with Gasteiger partial charge in [-0.2, -0.15) is 0 Å². The Morgan fingerprint density at radius 2 is 1.55 bits per heavy atom. The van der Waals surface area contributed by atoms with Crippen molar-refractivity contribution in [3.63, 3.8) is 0 Å². The lowest BCUT2D eigenvalue weighted by Crippen LogP contribution is -2.40. The summed E-state index contributed by atoms with van der Waals surface area (Å²) in [6.07, 6.45) is 1.84. The summed E-state index contributed by atoms with van der Waals surface area (Å²) in [6.45, 7) is 4.18. The van der Waals surface area contributed by atoms with Gasteiger partial charge >= 0.3 is 5.97 Å². The van der Waals surface area contributed by atoms with E-state index in [9.17, 15) is 9.59 Å². The number of allylic oxidation sites excluding steroid dienone is 1. The van der Waals surface area contributed by atoms with Gasteiger partial charge in [-0.3, -0.25) is 9.36 Å². The molecule has 47 heavy (non-hydrogen) atoms. The van der Waals surface area contributed by atoms with E-state index in [0.29, 0.717) is 33.0 Å². The second kappa shape index (κ2) is 13.1. The van der Waals surface area contributed by atoms with Crippen molar-refractivity contribution in [2.45, 2.75) is 26.5 Å². The molecule has 0 amide bonds. The quantitative estimate of drug-likeness (QED) is 0.154. The monoisotopic (exact) mass is 766 g/mol. The third kappa shape index (κ3) is 5.88. The maximum absolute atomic E-state index is 14.2. The molecular formula is C38H28Br2N2O4S. The molecule has 0 radical (unpaired) electrons. The number of carbonyl (C=O) groups excluding carboxylic acids is 1. The van der Waals surface area contributed by atoms with Crippen LogP contribution in [0.25, 0.3) is 27.6 Å². The molecular weight excluding hydrogens is 740 g/mol. The summed E-state index contributed by atoms with van der Waals surface area (Å²) in [4.78, 5) is 32.9. The number of carbonyl (C=O) groups is 1. The van der Waals surface area contributed by atoms with E-state index in [1.807, 2.05) is 78.9 Å². The van der Waals surface area contributed by atoms with Gasteiger partial charge in [-0.15, -0.1) is 0 Å². The van der Waals surface area contributed by atoms with E-state index in [1.165, 1.54) is 11.3 Å². The molecule has 0 saturated heterocycles. The van der Waals surface area contributed by atoms with Crippen molar-refractivity contribution >= 4 is 76.8 Å². The molecule has 1 aliphatic heterocycles. The van der Waals surface area contributed by atoms with Crippen molar-refractivity contribution in [2.24, 2.45) is 4.99 Å². The number of halogens is 2. The minimum Gasteiger partial charge on any atom is -0.487 e. The van der Waals surface area contributed by atoms with Gasteiger partial charge in [0.25, 0.3) is 5.56 Å². The first-order chi connectivity index (χ1) is 22.8. The molecule has 1 aromatic heterocycles. The molecule has 9 heteroatoms. The number of aromatic nitrogens is 1. The van der Waals surface area contributed by atoms with E-state index in [1.54, 1.807) is 18.4 Å². The van der Waals surface area contributed by atoms with Crippen molar-refractivity contribution in [1.82, 2.24) is 4.57 Å². The lowest BCUT2D eigenvalue weighted by molar-refractivity contribution is -0.139. The van der Waals surface area contributed by atoms with E-state index in [4.69, 9.17) is 14.5 Å². The fraction of sp³-hybridized carbons (Fsp3) is 0.132. The fourth-order valence-electron chi connectivity index (χ4n) is 6.10. The first kappa shape index (κ1) is 31.3. The maximum Gasteiger partial charge on any atom is 0.338 e. The Kier molecular flexibility index (Phi) is 8.70. The number of nitrogens with zero attached hydrogens (tertiary/aromatic N) is 2. The van der Waals surface area contributed by atoms with E-state index >= 15 is 0 Å². The standard InChI is InChI=1S/C38H28Br2N2O4S/c1-3-45-37(44)33-22(2)41-38-42(34(33)29-17-9-13-25-11-5-7-16-28(25)29)36(43)32(47-38)20-23-18-30(39)35(31(40)19-23)46-21-26-14-8-12-24-10-4-6-15-27(24)26/h4-20,34H,3,21H2,1-2H3/b32-20+/t34-/m1/s1. The van der Waals surface area contributed by atoms with Gasteiger partial charge in [0.15, 0.2) is 4.80 Å². The number of rotatable bonds is 7. The van der Waals surface area contributed by atoms with Crippen LogP contribution in [0.15, 0.2) is 127 Å². The van der Waals surface area contributed by atoms with E-state index in [2.05, 4.69) is 56.1 Å². The molecule has 1 aliphatic rings. The summed E-state index contributed by atoms with van der Waals surface area (Å²) in [5, 5.41) is 4.29. The van der Waals surface area contributed by atoms with Crippen LogP contribution in [0.4, 0.5) is 0 Å². The summed E-state index contributed by atoms with van der Waals surface area (Å²) in [5.74, 6) is 0.190. The van der Waals surface area contributed by atoms with Gasteiger partial charge < -0.3 is 9.47 Å². The molecule has 7 rings (SSSR count). The number of ether oxygens (including phenoxy) is 2. The summed E-state index contributed by atoms with van der Waals surface area (Å²) < 4.78 is 15.4. The smallest absolute Gasteiger partial charge is 0.338 e. The lowest BCUT2D eigenvalue weighted by atomic mass is 9.91. The predicted octanol–water partition coefficient (Wildman–Crippen LogP) is 8.21. The second-order valence-electron chi connectivity index (χ2n) is 11.1. The number of benzene rings is 5. The van der Waals surface area contributed by atoms with E-state index in [0.717, 1.165) is 47.2 Å². The van der Waals surface area contributed by atoms with Crippen molar-refractivity contribution < 1.29 is 14.3 Å².